The minimum Gasteiger partial charge on any atom is -0.493 e. The first-order valence-electron chi connectivity index (χ1n) is 7.46. The topological polar surface area (TPSA) is 63.8 Å². The molecular formula is C18H18N2O3. The van der Waals surface area contributed by atoms with Crippen LogP contribution in [0.2, 0.25) is 0 Å². The van der Waals surface area contributed by atoms with E-state index in [2.05, 4.69) is 5.18 Å². The van der Waals surface area contributed by atoms with Gasteiger partial charge in [-0.2, -0.15) is 0 Å². The van der Waals surface area contributed by atoms with E-state index in [0.29, 0.717) is 18.5 Å². The summed E-state index contributed by atoms with van der Waals surface area (Å²) in [6.45, 7) is 4.66. The molecule has 3 rings (SSSR count). The van der Waals surface area contributed by atoms with E-state index in [1.807, 2.05) is 56.3 Å². The first kappa shape index (κ1) is 15.1. The predicted octanol–water partition coefficient (Wildman–Crippen LogP) is 4.44. The molecule has 0 aliphatic rings. The molecule has 23 heavy (non-hydrogen) atoms. The molecule has 0 fully saturated rings. The van der Waals surface area contributed by atoms with E-state index in [4.69, 9.17) is 4.74 Å². The molecular weight excluding hydrogens is 292 g/mol. The van der Waals surface area contributed by atoms with E-state index in [0.717, 1.165) is 22.4 Å². The normalized spacial score (nSPS) is 10.9. The van der Waals surface area contributed by atoms with E-state index < -0.39 is 0 Å². The zero-order valence-electron chi connectivity index (χ0n) is 13.1. The van der Waals surface area contributed by atoms with Gasteiger partial charge < -0.3 is 14.4 Å². The number of hydrogen-bond donors (Lipinski definition) is 1. The third-order valence-electron chi connectivity index (χ3n) is 3.98. The van der Waals surface area contributed by atoms with Crippen molar-refractivity contribution in [3.8, 4) is 11.6 Å². The van der Waals surface area contributed by atoms with Crippen LogP contribution in [0.1, 0.15) is 11.1 Å². The fourth-order valence-electron chi connectivity index (χ4n) is 2.86. The molecule has 1 N–H and O–H groups in total. The zero-order chi connectivity index (χ0) is 16.4. The lowest BCUT2D eigenvalue weighted by molar-refractivity contribution is 0.290. The maximum absolute atomic E-state index is 11.2. The van der Waals surface area contributed by atoms with Crippen molar-refractivity contribution in [2.75, 3.05) is 6.61 Å². The van der Waals surface area contributed by atoms with Crippen molar-refractivity contribution in [2.24, 2.45) is 5.18 Å². The molecule has 0 spiro atoms. The largest absolute Gasteiger partial charge is 0.493 e. The summed E-state index contributed by atoms with van der Waals surface area (Å²) < 4.78 is 7.38. The van der Waals surface area contributed by atoms with Gasteiger partial charge in [0.05, 0.1) is 12.1 Å². The van der Waals surface area contributed by atoms with E-state index in [-0.39, 0.29) is 11.6 Å². The van der Waals surface area contributed by atoms with Gasteiger partial charge >= 0.3 is 0 Å². The van der Waals surface area contributed by atoms with Crippen molar-refractivity contribution < 1.29 is 9.84 Å². The Morgan fingerprint density at radius 3 is 2.48 bits per heavy atom. The molecule has 0 unspecified atom stereocenters. The Hall–Kier alpha value is -2.82. The van der Waals surface area contributed by atoms with E-state index >= 15 is 0 Å². The molecule has 0 aliphatic carbocycles. The molecule has 1 aromatic heterocycles. The molecule has 0 amide bonds. The number of benzene rings is 2. The van der Waals surface area contributed by atoms with Crippen LogP contribution in [0.25, 0.3) is 10.9 Å². The average Bonchev–Trinajstić information content (AvgIpc) is 2.85. The van der Waals surface area contributed by atoms with Gasteiger partial charge in [-0.15, -0.1) is 4.91 Å². The van der Waals surface area contributed by atoms with Gasteiger partial charge in [0.2, 0.25) is 5.88 Å². The van der Waals surface area contributed by atoms with Crippen LogP contribution in [-0.2, 0) is 6.54 Å². The van der Waals surface area contributed by atoms with Gasteiger partial charge in [-0.3, -0.25) is 0 Å². The SMILES string of the molecule is Cc1ccc(C)c2c1c(N=O)c(O)n2CCOc1ccccc1. The second kappa shape index (κ2) is 6.12. The number of hydrogen-bond acceptors (Lipinski definition) is 4. The second-order valence-corrected chi connectivity index (χ2v) is 5.50. The average molecular weight is 310 g/mol. The van der Waals surface area contributed by atoms with Gasteiger partial charge in [-0.05, 0) is 42.3 Å². The summed E-state index contributed by atoms with van der Waals surface area (Å²) in [5.74, 6) is 0.661. The molecule has 0 aliphatic heterocycles. The van der Waals surface area contributed by atoms with Crippen molar-refractivity contribution in [1.29, 1.82) is 0 Å². The maximum Gasteiger partial charge on any atom is 0.222 e. The smallest absolute Gasteiger partial charge is 0.222 e. The lowest BCUT2D eigenvalue weighted by Gasteiger charge is -2.10. The van der Waals surface area contributed by atoms with Crippen LogP contribution in [-0.4, -0.2) is 16.3 Å². The van der Waals surface area contributed by atoms with Crippen molar-refractivity contribution >= 4 is 16.6 Å². The Bertz CT molecular complexity index is 854. The summed E-state index contributed by atoms with van der Waals surface area (Å²) in [4.78, 5) is 11.2. The number of nitrogens with zero attached hydrogens (tertiary/aromatic N) is 2. The van der Waals surface area contributed by atoms with Crippen LogP contribution in [0, 0.1) is 18.8 Å². The number of para-hydroxylation sites is 1. The minimum atomic E-state index is -0.107. The summed E-state index contributed by atoms with van der Waals surface area (Å²) in [6.07, 6.45) is 0. The van der Waals surface area contributed by atoms with Crippen LogP contribution >= 0.6 is 0 Å². The number of rotatable bonds is 5. The van der Waals surface area contributed by atoms with Gasteiger partial charge in [0, 0.05) is 5.39 Å². The van der Waals surface area contributed by atoms with E-state index in [1.165, 1.54) is 0 Å². The Morgan fingerprint density at radius 1 is 1.09 bits per heavy atom. The Kier molecular flexibility index (Phi) is 4.02. The van der Waals surface area contributed by atoms with Gasteiger partial charge in [-0.1, -0.05) is 30.3 Å². The molecule has 118 valence electrons. The predicted molar refractivity (Wildman–Crippen MR) is 90.5 cm³/mol. The zero-order valence-corrected chi connectivity index (χ0v) is 13.1. The van der Waals surface area contributed by atoms with Gasteiger partial charge in [0.1, 0.15) is 12.4 Å². The van der Waals surface area contributed by atoms with Crippen LogP contribution < -0.4 is 4.74 Å². The molecule has 0 bridgehead atoms. The highest BCUT2D eigenvalue weighted by atomic mass is 16.5. The third kappa shape index (κ3) is 2.65. The lowest BCUT2D eigenvalue weighted by atomic mass is 10.1. The standard InChI is InChI=1S/C18H18N2O3/c1-12-8-9-13(2)17-15(12)16(19-22)18(21)20(17)10-11-23-14-6-4-3-5-7-14/h3-9,21H,10-11H2,1-2H3. The molecule has 1 heterocycles. The summed E-state index contributed by atoms with van der Waals surface area (Å²) in [5, 5.41) is 14.1. The molecule has 2 aromatic carbocycles. The lowest BCUT2D eigenvalue weighted by Crippen LogP contribution is -2.08. The third-order valence-corrected chi connectivity index (χ3v) is 3.98. The van der Waals surface area contributed by atoms with Crippen molar-refractivity contribution in [2.45, 2.75) is 20.4 Å². The summed E-state index contributed by atoms with van der Waals surface area (Å²) in [5.41, 5.74) is 2.82. The fourth-order valence-corrected chi connectivity index (χ4v) is 2.86. The molecule has 5 heteroatoms. The number of ether oxygens (including phenoxy) is 1. The highest BCUT2D eigenvalue weighted by Gasteiger charge is 2.20. The number of aryl methyl sites for hydroxylation is 2. The summed E-state index contributed by atoms with van der Waals surface area (Å²) in [7, 11) is 0. The molecule has 3 aromatic rings. The van der Waals surface area contributed by atoms with E-state index in [9.17, 15) is 10.0 Å². The van der Waals surface area contributed by atoms with Gasteiger partial charge in [0.25, 0.3) is 0 Å². The fraction of sp³-hybridized carbons (Fsp3) is 0.222. The quantitative estimate of drug-likeness (QED) is 0.708. The highest BCUT2D eigenvalue weighted by Crippen LogP contribution is 2.41. The Morgan fingerprint density at radius 2 is 1.78 bits per heavy atom. The van der Waals surface area contributed by atoms with Crippen molar-refractivity contribution in [1.82, 2.24) is 4.57 Å². The Balaban J connectivity index is 1.96. The van der Waals surface area contributed by atoms with Crippen LogP contribution in [0.4, 0.5) is 5.69 Å². The minimum absolute atomic E-state index is 0.0981. The van der Waals surface area contributed by atoms with Gasteiger partial charge in [0.15, 0.2) is 5.69 Å². The molecule has 0 saturated heterocycles. The second-order valence-electron chi connectivity index (χ2n) is 5.50. The Labute approximate surface area is 134 Å². The summed E-state index contributed by atoms with van der Waals surface area (Å²) in [6, 6.07) is 13.4. The first-order chi connectivity index (χ1) is 11.1. The summed E-state index contributed by atoms with van der Waals surface area (Å²) >= 11 is 0. The number of nitroso groups, excluding NO2 is 1. The van der Waals surface area contributed by atoms with E-state index in [1.54, 1.807) is 4.57 Å². The maximum atomic E-state index is 11.2. The van der Waals surface area contributed by atoms with Gasteiger partial charge in [-0.25, -0.2) is 0 Å². The molecule has 5 nitrogen and oxygen atoms in total. The van der Waals surface area contributed by atoms with Crippen LogP contribution in [0.15, 0.2) is 47.6 Å². The highest BCUT2D eigenvalue weighted by molar-refractivity contribution is 5.99. The number of fused-ring (bicyclic) bond motifs is 1. The first-order valence-corrected chi connectivity index (χ1v) is 7.46. The number of aromatic hydroxyl groups is 1. The van der Waals surface area contributed by atoms with Crippen LogP contribution in [0.3, 0.4) is 0 Å². The van der Waals surface area contributed by atoms with Crippen molar-refractivity contribution in [3.63, 3.8) is 0 Å². The van der Waals surface area contributed by atoms with Crippen molar-refractivity contribution in [3.05, 3.63) is 58.5 Å². The molecule has 0 saturated carbocycles. The molecule has 0 radical (unpaired) electrons. The van der Waals surface area contributed by atoms with Crippen LogP contribution in [0.5, 0.6) is 11.6 Å². The molecule has 0 atom stereocenters. The monoisotopic (exact) mass is 310 g/mol. The number of aromatic nitrogens is 1.